The Kier molecular flexibility index (Phi) is 3.54. The summed E-state index contributed by atoms with van der Waals surface area (Å²) < 4.78 is 11.2. The van der Waals surface area contributed by atoms with Crippen LogP contribution in [0.2, 0.25) is 0 Å². The van der Waals surface area contributed by atoms with Crippen LogP contribution in [0.1, 0.15) is 30.7 Å². The molecule has 1 aliphatic heterocycles. The molecule has 20 heavy (non-hydrogen) atoms. The Hall–Kier alpha value is -1.36. The first kappa shape index (κ1) is 13.6. The molecule has 3 rings (SSSR count). The van der Waals surface area contributed by atoms with Gasteiger partial charge >= 0.3 is 0 Å². The van der Waals surface area contributed by atoms with E-state index >= 15 is 0 Å². The van der Waals surface area contributed by atoms with Gasteiger partial charge in [0.25, 0.3) is 0 Å². The van der Waals surface area contributed by atoms with E-state index in [0.717, 1.165) is 22.3 Å². The van der Waals surface area contributed by atoms with E-state index in [2.05, 4.69) is 25.2 Å². The summed E-state index contributed by atoms with van der Waals surface area (Å²) in [7, 11) is 0. The molecule has 0 radical (unpaired) electrons. The molecule has 0 saturated carbocycles. The van der Waals surface area contributed by atoms with Gasteiger partial charge < -0.3 is 19.6 Å². The molecule has 2 N–H and O–H groups in total. The van der Waals surface area contributed by atoms with Gasteiger partial charge in [0, 0.05) is 25.0 Å². The van der Waals surface area contributed by atoms with Gasteiger partial charge in [0.2, 0.25) is 0 Å². The minimum Gasteiger partial charge on any atom is -0.459 e. The first-order chi connectivity index (χ1) is 9.59. The third kappa shape index (κ3) is 2.46. The second-order valence-corrected chi connectivity index (χ2v) is 5.72. The van der Waals surface area contributed by atoms with Gasteiger partial charge in [-0.1, -0.05) is 18.2 Å². The van der Waals surface area contributed by atoms with Crippen molar-refractivity contribution in [3.05, 3.63) is 35.6 Å². The van der Waals surface area contributed by atoms with Crippen molar-refractivity contribution < 1.29 is 14.3 Å². The van der Waals surface area contributed by atoms with Gasteiger partial charge in [0.05, 0.1) is 12.6 Å². The summed E-state index contributed by atoms with van der Waals surface area (Å²) in [5, 5.41) is 14.8. The van der Waals surface area contributed by atoms with Crippen molar-refractivity contribution in [3.63, 3.8) is 0 Å². The van der Waals surface area contributed by atoms with Crippen LogP contribution >= 0.6 is 0 Å². The lowest BCUT2D eigenvalue weighted by atomic mass is 10.0. The average Bonchev–Trinajstić information content (AvgIpc) is 3.02. The van der Waals surface area contributed by atoms with E-state index < -0.39 is 5.60 Å². The maximum Gasteiger partial charge on any atom is 0.134 e. The Bertz CT molecular complexity index is 599. The molecule has 0 amide bonds. The Labute approximate surface area is 118 Å². The number of fused-ring (bicyclic) bond motifs is 1. The Balaban J connectivity index is 1.75. The third-order valence-corrected chi connectivity index (χ3v) is 4.09. The lowest BCUT2D eigenvalue weighted by Gasteiger charge is -2.23. The molecule has 4 nitrogen and oxygen atoms in total. The summed E-state index contributed by atoms with van der Waals surface area (Å²) in [4.78, 5) is 0. The van der Waals surface area contributed by atoms with Crippen molar-refractivity contribution >= 4 is 11.0 Å². The van der Waals surface area contributed by atoms with Crippen LogP contribution in [-0.2, 0) is 4.74 Å². The van der Waals surface area contributed by atoms with E-state index in [0.29, 0.717) is 26.2 Å². The predicted octanol–water partition coefficient (Wildman–Crippen LogP) is 2.54. The van der Waals surface area contributed by atoms with Crippen LogP contribution in [-0.4, -0.2) is 30.5 Å². The normalized spacial score (nSPS) is 24.4. The topological polar surface area (TPSA) is 54.6 Å². The van der Waals surface area contributed by atoms with Crippen molar-refractivity contribution in [2.75, 3.05) is 19.8 Å². The zero-order valence-corrected chi connectivity index (χ0v) is 12.0. The monoisotopic (exact) mass is 275 g/mol. The van der Waals surface area contributed by atoms with Crippen LogP contribution in [0.25, 0.3) is 11.0 Å². The van der Waals surface area contributed by atoms with Crippen molar-refractivity contribution in [1.29, 1.82) is 0 Å². The third-order valence-electron chi connectivity index (χ3n) is 4.09. The molecule has 1 fully saturated rings. The summed E-state index contributed by atoms with van der Waals surface area (Å²) in [5.41, 5.74) is 1.33. The fraction of sp³-hybridized carbons (Fsp3) is 0.500. The highest BCUT2D eigenvalue weighted by atomic mass is 16.5. The predicted molar refractivity (Wildman–Crippen MR) is 77.8 cm³/mol. The fourth-order valence-corrected chi connectivity index (χ4v) is 2.78. The summed E-state index contributed by atoms with van der Waals surface area (Å²) in [6.07, 6.45) is 0.686. The number of hydrogen-bond donors (Lipinski definition) is 2. The number of ether oxygens (including phenoxy) is 1. The summed E-state index contributed by atoms with van der Waals surface area (Å²) in [6, 6.07) is 8.11. The van der Waals surface area contributed by atoms with Gasteiger partial charge in [0.1, 0.15) is 16.9 Å². The molecular weight excluding hydrogens is 254 g/mol. The second kappa shape index (κ2) is 5.20. The molecule has 108 valence electrons. The largest absolute Gasteiger partial charge is 0.459 e. The van der Waals surface area contributed by atoms with Gasteiger partial charge in [-0.25, -0.2) is 0 Å². The van der Waals surface area contributed by atoms with Gasteiger partial charge in [-0.05, 0) is 25.5 Å². The van der Waals surface area contributed by atoms with Crippen LogP contribution in [0.3, 0.4) is 0 Å². The molecule has 4 heteroatoms. The number of rotatable bonds is 4. The fourth-order valence-electron chi connectivity index (χ4n) is 2.78. The maximum atomic E-state index is 10.3. The first-order valence-electron chi connectivity index (χ1n) is 7.11. The van der Waals surface area contributed by atoms with E-state index in [1.165, 1.54) is 0 Å². The van der Waals surface area contributed by atoms with Gasteiger partial charge in [-0.2, -0.15) is 0 Å². The molecular formula is C16H21NO3. The molecule has 2 atom stereocenters. The average molecular weight is 275 g/mol. The number of para-hydroxylation sites is 1. The van der Waals surface area contributed by atoms with Crippen molar-refractivity contribution in [3.8, 4) is 0 Å². The molecule has 2 unspecified atom stereocenters. The molecule has 1 aromatic heterocycles. The van der Waals surface area contributed by atoms with Crippen LogP contribution in [0.15, 0.2) is 28.7 Å². The Morgan fingerprint density at radius 2 is 2.20 bits per heavy atom. The summed E-state index contributed by atoms with van der Waals surface area (Å²) >= 11 is 0. The van der Waals surface area contributed by atoms with Crippen LogP contribution < -0.4 is 5.32 Å². The minimum atomic E-state index is -0.742. The van der Waals surface area contributed by atoms with E-state index in [-0.39, 0.29) is 6.04 Å². The molecule has 2 aromatic rings. The zero-order valence-electron chi connectivity index (χ0n) is 12.0. The lowest BCUT2D eigenvalue weighted by Crippen LogP contribution is -2.41. The maximum absolute atomic E-state index is 10.3. The molecule has 0 aliphatic carbocycles. The highest BCUT2D eigenvalue weighted by Gasteiger charge is 2.32. The molecule has 2 heterocycles. The standard InChI is InChI=1S/C16H21NO3/c1-11-13-5-3-4-6-14(13)20-15(11)12(2)17-9-16(18)7-8-19-10-16/h3-6,12,17-18H,7-10H2,1-2H3. The number of hydrogen-bond acceptors (Lipinski definition) is 4. The number of furan rings is 1. The van der Waals surface area contributed by atoms with E-state index in [9.17, 15) is 5.11 Å². The number of aliphatic hydroxyl groups is 1. The van der Waals surface area contributed by atoms with Crippen molar-refractivity contribution in [1.82, 2.24) is 5.32 Å². The van der Waals surface area contributed by atoms with E-state index in [1.807, 2.05) is 18.2 Å². The van der Waals surface area contributed by atoms with Crippen LogP contribution in [0.5, 0.6) is 0 Å². The highest BCUT2D eigenvalue weighted by Crippen LogP contribution is 2.29. The minimum absolute atomic E-state index is 0.0621. The van der Waals surface area contributed by atoms with Crippen LogP contribution in [0, 0.1) is 6.92 Å². The van der Waals surface area contributed by atoms with Gasteiger partial charge in [0.15, 0.2) is 0 Å². The lowest BCUT2D eigenvalue weighted by molar-refractivity contribution is 0.0247. The quantitative estimate of drug-likeness (QED) is 0.900. The number of benzene rings is 1. The van der Waals surface area contributed by atoms with Crippen molar-refractivity contribution in [2.45, 2.75) is 31.9 Å². The second-order valence-electron chi connectivity index (χ2n) is 5.72. The van der Waals surface area contributed by atoms with Gasteiger partial charge in [-0.3, -0.25) is 0 Å². The molecule has 1 saturated heterocycles. The summed E-state index contributed by atoms with van der Waals surface area (Å²) in [5.74, 6) is 0.939. The zero-order chi connectivity index (χ0) is 14.2. The molecule has 1 aromatic carbocycles. The molecule has 0 bridgehead atoms. The number of aryl methyl sites for hydroxylation is 1. The van der Waals surface area contributed by atoms with Gasteiger partial charge in [-0.15, -0.1) is 0 Å². The molecule has 1 aliphatic rings. The Morgan fingerprint density at radius 1 is 1.40 bits per heavy atom. The van der Waals surface area contributed by atoms with Crippen LogP contribution in [0.4, 0.5) is 0 Å². The number of nitrogens with one attached hydrogen (secondary N) is 1. The van der Waals surface area contributed by atoms with Crippen molar-refractivity contribution in [2.24, 2.45) is 0 Å². The molecule has 0 spiro atoms. The SMILES string of the molecule is Cc1c(C(C)NCC2(O)CCOC2)oc2ccccc12. The highest BCUT2D eigenvalue weighted by molar-refractivity contribution is 5.82. The smallest absolute Gasteiger partial charge is 0.134 e. The first-order valence-corrected chi connectivity index (χ1v) is 7.11. The summed E-state index contributed by atoms with van der Waals surface area (Å²) in [6.45, 7) is 5.70. The van der Waals surface area contributed by atoms with E-state index in [4.69, 9.17) is 9.15 Å². The van der Waals surface area contributed by atoms with E-state index in [1.54, 1.807) is 0 Å². The Morgan fingerprint density at radius 3 is 2.90 bits per heavy atom.